The van der Waals surface area contributed by atoms with E-state index in [1.165, 1.54) is 11.8 Å². The van der Waals surface area contributed by atoms with Crippen LogP contribution in [0.1, 0.15) is 35.7 Å². The highest BCUT2D eigenvalue weighted by atomic mass is 32.2. The Hall–Kier alpha value is -2.21. The van der Waals surface area contributed by atoms with Gasteiger partial charge in [0.15, 0.2) is 11.3 Å². The van der Waals surface area contributed by atoms with E-state index in [9.17, 15) is 4.79 Å². The van der Waals surface area contributed by atoms with Gasteiger partial charge in [0.25, 0.3) is 11.1 Å². The SMILES string of the molecule is Cc1ccc2nc(SCc3ccc(C(=O)NCC(C)C)o3)oc2c1. The highest BCUT2D eigenvalue weighted by Gasteiger charge is 2.13. The molecule has 3 rings (SSSR count). The third-order valence-corrected chi connectivity index (χ3v) is 4.27. The van der Waals surface area contributed by atoms with Crippen molar-refractivity contribution in [3.8, 4) is 0 Å². The zero-order chi connectivity index (χ0) is 17.1. The Balaban J connectivity index is 1.61. The van der Waals surface area contributed by atoms with Gasteiger partial charge in [-0.1, -0.05) is 31.7 Å². The molecule has 0 aliphatic carbocycles. The smallest absolute Gasteiger partial charge is 0.287 e. The van der Waals surface area contributed by atoms with Gasteiger partial charge in [0, 0.05) is 6.54 Å². The number of hydrogen-bond acceptors (Lipinski definition) is 5. The first-order chi connectivity index (χ1) is 11.5. The summed E-state index contributed by atoms with van der Waals surface area (Å²) in [6.45, 7) is 6.74. The zero-order valence-corrected chi connectivity index (χ0v) is 14.8. The first-order valence-corrected chi connectivity index (χ1v) is 8.87. The molecular formula is C18H20N2O3S. The van der Waals surface area contributed by atoms with Crippen LogP contribution in [0.2, 0.25) is 0 Å². The number of aromatic nitrogens is 1. The number of fused-ring (bicyclic) bond motifs is 1. The third kappa shape index (κ3) is 4.00. The minimum Gasteiger partial charge on any atom is -0.455 e. The Kier molecular flexibility index (Phi) is 4.94. The molecule has 24 heavy (non-hydrogen) atoms. The molecule has 0 spiro atoms. The first kappa shape index (κ1) is 16.6. The molecule has 3 aromatic rings. The fraction of sp³-hybridized carbons (Fsp3) is 0.333. The van der Waals surface area contributed by atoms with E-state index in [0.29, 0.717) is 35.0 Å². The van der Waals surface area contributed by atoms with Crippen LogP contribution in [-0.2, 0) is 5.75 Å². The summed E-state index contributed by atoms with van der Waals surface area (Å²) in [6, 6.07) is 9.43. The van der Waals surface area contributed by atoms with Gasteiger partial charge in [0.2, 0.25) is 0 Å². The predicted octanol–water partition coefficient (Wildman–Crippen LogP) is 4.41. The number of oxazole rings is 1. The van der Waals surface area contributed by atoms with Crippen LogP contribution in [0.5, 0.6) is 0 Å². The minimum atomic E-state index is -0.183. The molecule has 1 amide bonds. The van der Waals surface area contributed by atoms with E-state index in [1.54, 1.807) is 6.07 Å². The molecule has 1 N–H and O–H groups in total. The van der Waals surface area contributed by atoms with Crippen molar-refractivity contribution in [2.24, 2.45) is 5.92 Å². The van der Waals surface area contributed by atoms with E-state index in [0.717, 1.165) is 16.7 Å². The molecule has 0 atom stereocenters. The molecule has 1 aromatic carbocycles. The van der Waals surface area contributed by atoms with E-state index in [-0.39, 0.29) is 5.91 Å². The third-order valence-electron chi connectivity index (χ3n) is 3.42. The summed E-state index contributed by atoms with van der Waals surface area (Å²) >= 11 is 1.45. The van der Waals surface area contributed by atoms with E-state index < -0.39 is 0 Å². The lowest BCUT2D eigenvalue weighted by Crippen LogP contribution is -2.26. The van der Waals surface area contributed by atoms with Crippen molar-refractivity contribution in [1.82, 2.24) is 10.3 Å². The number of thioether (sulfide) groups is 1. The van der Waals surface area contributed by atoms with Crippen molar-refractivity contribution in [1.29, 1.82) is 0 Å². The van der Waals surface area contributed by atoms with Gasteiger partial charge in [-0.2, -0.15) is 0 Å². The van der Waals surface area contributed by atoms with E-state index in [4.69, 9.17) is 8.83 Å². The van der Waals surface area contributed by atoms with Crippen LogP contribution in [0.15, 0.2) is 44.4 Å². The van der Waals surface area contributed by atoms with Crippen LogP contribution in [0.4, 0.5) is 0 Å². The van der Waals surface area contributed by atoms with E-state index >= 15 is 0 Å². The van der Waals surface area contributed by atoms with E-state index in [2.05, 4.69) is 10.3 Å². The van der Waals surface area contributed by atoms with Crippen molar-refractivity contribution in [3.05, 3.63) is 47.4 Å². The quantitative estimate of drug-likeness (QED) is 0.671. The van der Waals surface area contributed by atoms with Crippen LogP contribution < -0.4 is 5.32 Å². The van der Waals surface area contributed by atoms with Crippen LogP contribution in [0, 0.1) is 12.8 Å². The Bertz CT molecular complexity index is 851. The fourth-order valence-electron chi connectivity index (χ4n) is 2.17. The van der Waals surface area contributed by atoms with Crippen LogP contribution in [0.25, 0.3) is 11.1 Å². The van der Waals surface area contributed by atoms with Crippen LogP contribution in [-0.4, -0.2) is 17.4 Å². The number of nitrogens with one attached hydrogen (secondary N) is 1. The largest absolute Gasteiger partial charge is 0.455 e. The molecule has 5 nitrogen and oxygen atoms in total. The van der Waals surface area contributed by atoms with Crippen molar-refractivity contribution in [3.63, 3.8) is 0 Å². The number of hydrogen-bond donors (Lipinski definition) is 1. The number of aryl methyl sites for hydroxylation is 1. The molecule has 0 aliphatic heterocycles. The van der Waals surface area contributed by atoms with Gasteiger partial charge in [-0.05, 0) is 42.7 Å². The number of carbonyl (C=O) groups is 1. The normalized spacial score (nSPS) is 11.3. The maximum atomic E-state index is 11.9. The summed E-state index contributed by atoms with van der Waals surface area (Å²) in [5.41, 5.74) is 2.76. The molecule has 0 saturated carbocycles. The van der Waals surface area contributed by atoms with Gasteiger partial charge in [-0.25, -0.2) is 4.98 Å². The van der Waals surface area contributed by atoms with Crippen LogP contribution in [0.3, 0.4) is 0 Å². The maximum absolute atomic E-state index is 11.9. The Morgan fingerprint density at radius 3 is 2.88 bits per heavy atom. The standard InChI is InChI=1S/C18H20N2O3S/c1-11(2)9-19-17(21)15-7-5-13(22-15)10-24-18-20-14-6-4-12(3)8-16(14)23-18/h4-8,11H,9-10H2,1-3H3,(H,19,21). The minimum absolute atomic E-state index is 0.183. The Morgan fingerprint density at radius 1 is 1.25 bits per heavy atom. The summed E-state index contributed by atoms with van der Waals surface area (Å²) in [4.78, 5) is 16.4. The topological polar surface area (TPSA) is 68.3 Å². The fourth-order valence-corrected chi connectivity index (χ4v) is 2.90. The summed E-state index contributed by atoms with van der Waals surface area (Å²) < 4.78 is 11.3. The number of carbonyl (C=O) groups excluding carboxylic acids is 1. The maximum Gasteiger partial charge on any atom is 0.287 e. The molecule has 2 aromatic heterocycles. The molecule has 0 unspecified atom stereocenters. The molecule has 0 saturated heterocycles. The lowest BCUT2D eigenvalue weighted by Gasteiger charge is -2.05. The summed E-state index contributed by atoms with van der Waals surface area (Å²) in [6.07, 6.45) is 0. The van der Waals surface area contributed by atoms with E-state index in [1.807, 2.05) is 45.0 Å². The second-order valence-electron chi connectivity index (χ2n) is 6.11. The average molecular weight is 344 g/mol. The van der Waals surface area contributed by atoms with Gasteiger partial charge in [-0.15, -0.1) is 0 Å². The summed E-state index contributed by atoms with van der Waals surface area (Å²) in [5, 5.41) is 3.43. The molecule has 0 fully saturated rings. The molecule has 0 bridgehead atoms. The van der Waals surface area contributed by atoms with Crippen molar-refractivity contribution >= 4 is 28.8 Å². The predicted molar refractivity (Wildman–Crippen MR) is 94.2 cm³/mol. The van der Waals surface area contributed by atoms with Crippen LogP contribution >= 0.6 is 11.8 Å². The number of benzene rings is 1. The number of amides is 1. The lowest BCUT2D eigenvalue weighted by atomic mass is 10.2. The summed E-state index contributed by atoms with van der Waals surface area (Å²) in [7, 11) is 0. The molecule has 0 aliphatic rings. The van der Waals surface area contributed by atoms with Crippen molar-refractivity contribution < 1.29 is 13.6 Å². The molecular weight excluding hydrogens is 324 g/mol. The second-order valence-corrected chi connectivity index (χ2v) is 7.04. The Labute approximate surface area is 144 Å². The average Bonchev–Trinajstić information content (AvgIpc) is 3.16. The van der Waals surface area contributed by atoms with Gasteiger partial charge in [0.05, 0.1) is 5.75 Å². The molecule has 126 valence electrons. The Morgan fingerprint density at radius 2 is 2.08 bits per heavy atom. The van der Waals surface area contributed by atoms with Gasteiger partial charge >= 0.3 is 0 Å². The first-order valence-electron chi connectivity index (χ1n) is 7.88. The highest BCUT2D eigenvalue weighted by Crippen LogP contribution is 2.27. The van der Waals surface area contributed by atoms with Gasteiger partial charge < -0.3 is 14.2 Å². The molecule has 2 heterocycles. The zero-order valence-electron chi connectivity index (χ0n) is 14.0. The lowest BCUT2D eigenvalue weighted by molar-refractivity contribution is 0.0920. The van der Waals surface area contributed by atoms with Crippen molar-refractivity contribution in [2.75, 3.05) is 6.54 Å². The number of rotatable bonds is 6. The highest BCUT2D eigenvalue weighted by molar-refractivity contribution is 7.98. The monoisotopic (exact) mass is 344 g/mol. The number of nitrogens with zero attached hydrogens (tertiary/aromatic N) is 1. The summed E-state index contributed by atoms with van der Waals surface area (Å²) in [5.74, 6) is 1.83. The van der Waals surface area contributed by atoms with Gasteiger partial charge in [0.1, 0.15) is 11.3 Å². The van der Waals surface area contributed by atoms with Gasteiger partial charge in [-0.3, -0.25) is 4.79 Å². The molecule has 6 heteroatoms. The van der Waals surface area contributed by atoms with Crippen molar-refractivity contribution in [2.45, 2.75) is 31.7 Å². The molecule has 0 radical (unpaired) electrons. The second kappa shape index (κ2) is 7.13. The number of furan rings is 1.